The van der Waals surface area contributed by atoms with Crippen molar-refractivity contribution in [2.75, 3.05) is 12.3 Å². The van der Waals surface area contributed by atoms with Crippen LogP contribution in [0.1, 0.15) is 13.3 Å². The predicted octanol–water partition coefficient (Wildman–Crippen LogP) is 2.75. The fourth-order valence-electron chi connectivity index (χ4n) is 1.72. The van der Waals surface area contributed by atoms with E-state index in [1.807, 2.05) is 6.92 Å². The average molecular weight is 306 g/mol. The number of ether oxygens (including phenoxy) is 1. The van der Waals surface area contributed by atoms with Crippen LogP contribution in [0.15, 0.2) is 53.4 Å². The molecule has 0 spiro atoms. The first-order chi connectivity index (χ1) is 10.0. The first-order valence-electron chi connectivity index (χ1n) is 6.64. The standard InChI is InChI=1S/C15H18N2O3S/c1-2-10-17-21(18,19)15-8-6-13(7-9-15)20-14-5-3-4-12(16)11-14/h3-9,11,17H,2,10,16H2,1H3. The smallest absolute Gasteiger partial charge is 0.240 e. The topological polar surface area (TPSA) is 81.4 Å². The van der Waals surface area contributed by atoms with E-state index in [0.29, 0.717) is 23.7 Å². The van der Waals surface area contributed by atoms with Crippen LogP contribution in [0.4, 0.5) is 5.69 Å². The Kier molecular flexibility index (Phi) is 4.82. The summed E-state index contributed by atoms with van der Waals surface area (Å²) in [6.07, 6.45) is 0.746. The molecular formula is C15H18N2O3S. The molecule has 0 aromatic heterocycles. The lowest BCUT2D eigenvalue weighted by molar-refractivity contribution is 0.482. The van der Waals surface area contributed by atoms with E-state index in [1.54, 1.807) is 36.4 Å². The van der Waals surface area contributed by atoms with E-state index >= 15 is 0 Å². The van der Waals surface area contributed by atoms with Gasteiger partial charge in [0, 0.05) is 18.3 Å². The number of anilines is 1. The summed E-state index contributed by atoms with van der Waals surface area (Å²) >= 11 is 0. The van der Waals surface area contributed by atoms with Crippen molar-refractivity contribution in [2.45, 2.75) is 18.2 Å². The number of hydrogen-bond donors (Lipinski definition) is 2. The monoisotopic (exact) mass is 306 g/mol. The van der Waals surface area contributed by atoms with Crippen LogP contribution < -0.4 is 15.2 Å². The third-order valence-electron chi connectivity index (χ3n) is 2.77. The van der Waals surface area contributed by atoms with Crippen molar-refractivity contribution in [1.29, 1.82) is 0 Å². The summed E-state index contributed by atoms with van der Waals surface area (Å²) in [5.41, 5.74) is 6.28. The maximum Gasteiger partial charge on any atom is 0.240 e. The van der Waals surface area contributed by atoms with E-state index in [-0.39, 0.29) is 4.90 Å². The molecule has 0 aliphatic rings. The summed E-state index contributed by atoms with van der Waals surface area (Å²) in [5.74, 6) is 1.16. The first kappa shape index (κ1) is 15.3. The van der Waals surface area contributed by atoms with Gasteiger partial charge in [0.2, 0.25) is 10.0 Å². The number of nitrogens with one attached hydrogen (secondary N) is 1. The van der Waals surface area contributed by atoms with Crippen molar-refractivity contribution in [2.24, 2.45) is 0 Å². The number of nitrogen functional groups attached to an aromatic ring is 1. The maximum absolute atomic E-state index is 11.9. The van der Waals surface area contributed by atoms with Crippen LogP contribution in [0.5, 0.6) is 11.5 Å². The first-order valence-corrected chi connectivity index (χ1v) is 8.13. The highest BCUT2D eigenvalue weighted by molar-refractivity contribution is 7.89. The fourth-order valence-corrected chi connectivity index (χ4v) is 2.85. The quantitative estimate of drug-likeness (QED) is 0.804. The zero-order valence-electron chi connectivity index (χ0n) is 11.7. The van der Waals surface area contributed by atoms with Gasteiger partial charge in [0.15, 0.2) is 0 Å². The highest BCUT2D eigenvalue weighted by Crippen LogP contribution is 2.24. The summed E-state index contributed by atoms with van der Waals surface area (Å²) in [5, 5.41) is 0. The van der Waals surface area contributed by atoms with E-state index in [2.05, 4.69) is 4.72 Å². The molecule has 0 bridgehead atoms. The van der Waals surface area contributed by atoms with Crippen LogP contribution in [-0.4, -0.2) is 15.0 Å². The van der Waals surface area contributed by atoms with Crippen molar-refractivity contribution in [3.05, 3.63) is 48.5 Å². The van der Waals surface area contributed by atoms with Gasteiger partial charge in [0.05, 0.1) is 4.90 Å². The lowest BCUT2D eigenvalue weighted by atomic mass is 10.3. The summed E-state index contributed by atoms with van der Waals surface area (Å²) in [6.45, 7) is 2.33. The predicted molar refractivity (Wildman–Crippen MR) is 82.8 cm³/mol. The number of rotatable bonds is 6. The van der Waals surface area contributed by atoms with Gasteiger partial charge in [0.25, 0.3) is 0 Å². The van der Waals surface area contributed by atoms with Crippen molar-refractivity contribution in [3.63, 3.8) is 0 Å². The van der Waals surface area contributed by atoms with Crippen LogP contribution in [0.2, 0.25) is 0 Å². The van der Waals surface area contributed by atoms with Crippen molar-refractivity contribution in [3.8, 4) is 11.5 Å². The molecule has 5 nitrogen and oxygen atoms in total. The molecule has 3 N–H and O–H groups in total. The third-order valence-corrected chi connectivity index (χ3v) is 4.25. The van der Waals surface area contributed by atoms with E-state index < -0.39 is 10.0 Å². The average Bonchev–Trinajstić information content (AvgIpc) is 2.46. The van der Waals surface area contributed by atoms with E-state index in [9.17, 15) is 8.42 Å². The molecule has 0 radical (unpaired) electrons. The molecule has 2 rings (SSSR count). The molecule has 112 valence electrons. The van der Waals surface area contributed by atoms with Gasteiger partial charge in [-0.3, -0.25) is 0 Å². The lowest BCUT2D eigenvalue weighted by Gasteiger charge is -2.08. The van der Waals surface area contributed by atoms with Crippen molar-refractivity contribution < 1.29 is 13.2 Å². The Labute approximate surface area is 124 Å². The fraction of sp³-hybridized carbons (Fsp3) is 0.200. The molecule has 0 saturated heterocycles. The number of benzene rings is 2. The van der Waals surface area contributed by atoms with E-state index in [4.69, 9.17) is 10.5 Å². The third kappa shape index (κ3) is 4.21. The Balaban J connectivity index is 2.12. The summed E-state index contributed by atoms with van der Waals surface area (Å²) in [4.78, 5) is 0.218. The maximum atomic E-state index is 11.9. The van der Waals surface area contributed by atoms with Gasteiger partial charge in [-0.1, -0.05) is 13.0 Å². The Bertz CT molecular complexity index is 697. The normalized spacial score (nSPS) is 11.3. The second kappa shape index (κ2) is 6.60. The molecule has 2 aromatic rings. The van der Waals surface area contributed by atoms with E-state index in [0.717, 1.165) is 6.42 Å². The zero-order valence-corrected chi connectivity index (χ0v) is 12.6. The second-order valence-corrected chi connectivity index (χ2v) is 6.31. The van der Waals surface area contributed by atoms with Crippen LogP contribution >= 0.6 is 0 Å². The number of hydrogen-bond acceptors (Lipinski definition) is 4. The van der Waals surface area contributed by atoms with Crippen LogP contribution in [0, 0.1) is 0 Å². The molecule has 0 heterocycles. The largest absolute Gasteiger partial charge is 0.457 e. The molecule has 0 atom stereocenters. The molecule has 0 saturated carbocycles. The van der Waals surface area contributed by atoms with Gasteiger partial charge < -0.3 is 10.5 Å². The number of sulfonamides is 1. The minimum atomic E-state index is -3.44. The molecule has 0 aliphatic heterocycles. The van der Waals surface area contributed by atoms with Gasteiger partial charge in [-0.15, -0.1) is 0 Å². The molecule has 0 fully saturated rings. The van der Waals surface area contributed by atoms with Crippen LogP contribution in [0.3, 0.4) is 0 Å². The van der Waals surface area contributed by atoms with Gasteiger partial charge in [0.1, 0.15) is 11.5 Å². The lowest BCUT2D eigenvalue weighted by Crippen LogP contribution is -2.24. The molecule has 6 heteroatoms. The minimum absolute atomic E-state index is 0.218. The van der Waals surface area contributed by atoms with Gasteiger partial charge >= 0.3 is 0 Å². The van der Waals surface area contributed by atoms with E-state index in [1.165, 1.54) is 12.1 Å². The van der Waals surface area contributed by atoms with Crippen molar-refractivity contribution in [1.82, 2.24) is 4.72 Å². The Morgan fingerprint density at radius 2 is 1.81 bits per heavy atom. The molecule has 0 unspecified atom stereocenters. The SMILES string of the molecule is CCCNS(=O)(=O)c1ccc(Oc2cccc(N)c2)cc1. The molecular weight excluding hydrogens is 288 g/mol. The molecule has 0 amide bonds. The summed E-state index contributed by atoms with van der Waals surface area (Å²) in [6, 6.07) is 13.3. The van der Waals surface area contributed by atoms with Gasteiger partial charge in [-0.25, -0.2) is 13.1 Å². The highest BCUT2D eigenvalue weighted by Gasteiger charge is 2.12. The van der Waals surface area contributed by atoms with Crippen LogP contribution in [0.25, 0.3) is 0 Å². The van der Waals surface area contributed by atoms with Crippen LogP contribution in [-0.2, 0) is 10.0 Å². The highest BCUT2D eigenvalue weighted by atomic mass is 32.2. The summed E-state index contributed by atoms with van der Waals surface area (Å²) in [7, 11) is -3.44. The summed E-state index contributed by atoms with van der Waals surface area (Å²) < 4.78 is 32.0. The molecule has 21 heavy (non-hydrogen) atoms. The van der Waals surface area contributed by atoms with Gasteiger partial charge in [-0.2, -0.15) is 0 Å². The Morgan fingerprint density at radius 3 is 2.43 bits per heavy atom. The molecule has 2 aromatic carbocycles. The minimum Gasteiger partial charge on any atom is -0.457 e. The van der Waals surface area contributed by atoms with Crippen molar-refractivity contribution >= 4 is 15.7 Å². The molecule has 0 aliphatic carbocycles. The number of nitrogens with two attached hydrogens (primary N) is 1. The Hall–Kier alpha value is -2.05. The Morgan fingerprint density at radius 1 is 1.10 bits per heavy atom. The second-order valence-electron chi connectivity index (χ2n) is 4.54. The van der Waals surface area contributed by atoms with Gasteiger partial charge in [-0.05, 0) is 42.8 Å². The zero-order chi connectivity index (χ0) is 15.3.